The predicted octanol–water partition coefficient (Wildman–Crippen LogP) is 4.95. The maximum atomic E-state index is 12.2. The zero-order valence-corrected chi connectivity index (χ0v) is 18.1. The molecule has 0 spiro atoms. The van der Waals surface area contributed by atoms with Gasteiger partial charge in [0.2, 0.25) is 11.8 Å². The fraction of sp³-hybridized carbons (Fsp3) is 0.900. The minimum absolute atomic E-state index is 0.00251. The third kappa shape index (κ3) is 14.3. The van der Waals surface area contributed by atoms with Gasteiger partial charge in [-0.25, -0.2) is 0 Å². The number of carbonyl (C=O) groups excluding carboxylic acids is 2. The molecule has 0 fully saturated rings. The van der Waals surface area contributed by atoms with Gasteiger partial charge in [-0.2, -0.15) is 0 Å². The Bertz CT molecular complexity index is 349. The van der Waals surface area contributed by atoms with Crippen molar-refractivity contribution in [3.8, 4) is 0 Å². The van der Waals surface area contributed by atoms with Gasteiger partial charge in [0, 0.05) is 18.3 Å². The Morgan fingerprint density at radius 2 is 1.44 bits per heavy atom. The van der Waals surface area contributed by atoms with Crippen LogP contribution in [0.1, 0.15) is 91.4 Å². The molecule has 0 saturated carbocycles. The quantitative estimate of drug-likeness (QED) is 0.275. The summed E-state index contributed by atoms with van der Waals surface area (Å²) in [5.41, 5.74) is 0. The lowest BCUT2D eigenvalue weighted by molar-refractivity contribution is -0.130. The summed E-state index contributed by atoms with van der Waals surface area (Å²) >= 11 is 3.35. The van der Waals surface area contributed by atoms with Crippen LogP contribution in [0.2, 0.25) is 0 Å². The van der Waals surface area contributed by atoms with Gasteiger partial charge in [-0.1, -0.05) is 88.1 Å². The van der Waals surface area contributed by atoms with Gasteiger partial charge in [0.15, 0.2) is 0 Å². The largest absolute Gasteiger partial charge is 0.354 e. The number of amides is 2. The second kappa shape index (κ2) is 16.9. The molecule has 0 aromatic rings. The monoisotopic (exact) mass is 418 g/mol. The van der Waals surface area contributed by atoms with Crippen molar-refractivity contribution in [1.82, 2.24) is 10.6 Å². The highest BCUT2D eigenvalue weighted by Gasteiger charge is 2.23. The molecule has 0 aliphatic carbocycles. The maximum Gasteiger partial charge on any atom is 0.242 e. The van der Waals surface area contributed by atoms with Crippen LogP contribution in [0.25, 0.3) is 0 Å². The second-order valence-electron chi connectivity index (χ2n) is 7.20. The molecule has 5 heteroatoms. The summed E-state index contributed by atoms with van der Waals surface area (Å²) in [6.45, 7) is 6.81. The first-order valence-electron chi connectivity index (χ1n) is 10.2. The summed E-state index contributed by atoms with van der Waals surface area (Å²) in [7, 11) is 0. The molecule has 0 aromatic carbocycles. The molecule has 1 atom stereocenters. The van der Waals surface area contributed by atoms with Crippen LogP contribution in [0, 0.1) is 5.92 Å². The van der Waals surface area contributed by atoms with E-state index in [2.05, 4.69) is 33.5 Å². The van der Waals surface area contributed by atoms with E-state index in [1.165, 1.54) is 44.9 Å². The Labute approximate surface area is 163 Å². The number of rotatable bonds is 16. The average molecular weight is 419 g/mol. The van der Waals surface area contributed by atoms with Crippen LogP contribution >= 0.6 is 15.9 Å². The van der Waals surface area contributed by atoms with Crippen molar-refractivity contribution in [1.29, 1.82) is 0 Å². The van der Waals surface area contributed by atoms with Crippen LogP contribution in [0.15, 0.2) is 0 Å². The molecule has 0 bridgehead atoms. The maximum absolute atomic E-state index is 12.2. The fourth-order valence-electron chi connectivity index (χ4n) is 2.77. The van der Waals surface area contributed by atoms with Crippen LogP contribution in [0.3, 0.4) is 0 Å². The molecule has 0 aromatic heterocycles. The number of unbranched alkanes of at least 4 members (excludes halogenated alkanes) is 8. The lowest BCUT2D eigenvalue weighted by Crippen LogP contribution is -2.49. The van der Waals surface area contributed by atoms with E-state index in [0.717, 1.165) is 24.6 Å². The highest BCUT2D eigenvalue weighted by atomic mass is 79.9. The fourth-order valence-corrected chi connectivity index (χ4v) is 3.05. The summed E-state index contributed by atoms with van der Waals surface area (Å²) in [6.07, 6.45) is 12.6. The third-order valence-electron chi connectivity index (χ3n) is 4.38. The first kappa shape index (κ1) is 24.4. The van der Waals surface area contributed by atoms with Gasteiger partial charge < -0.3 is 10.6 Å². The lowest BCUT2D eigenvalue weighted by Gasteiger charge is -2.21. The van der Waals surface area contributed by atoms with Gasteiger partial charge in [0.1, 0.15) is 6.04 Å². The van der Waals surface area contributed by atoms with Crippen molar-refractivity contribution in [3.63, 3.8) is 0 Å². The lowest BCUT2D eigenvalue weighted by atomic mass is 10.0. The summed E-state index contributed by atoms with van der Waals surface area (Å²) in [4.78, 5) is 24.3. The van der Waals surface area contributed by atoms with E-state index in [0.29, 0.717) is 13.0 Å². The number of nitrogens with one attached hydrogen (secondary N) is 2. The molecule has 25 heavy (non-hydrogen) atoms. The second-order valence-corrected chi connectivity index (χ2v) is 7.99. The van der Waals surface area contributed by atoms with Gasteiger partial charge in [-0.15, -0.1) is 0 Å². The van der Waals surface area contributed by atoms with Crippen LogP contribution in [0.5, 0.6) is 0 Å². The first-order valence-corrected chi connectivity index (χ1v) is 11.3. The van der Waals surface area contributed by atoms with Gasteiger partial charge in [0.05, 0.1) is 0 Å². The van der Waals surface area contributed by atoms with Crippen LogP contribution in [-0.2, 0) is 9.59 Å². The average Bonchev–Trinajstić information content (AvgIpc) is 2.58. The molecule has 148 valence electrons. The molecule has 0 rings (SSSR count). The van der Waals surface area contributed by atoms with Gasteiger partial charge in [0.25, 0.3) is 0 Å². The molecule has 0 unspecified atom stereocenters. The van der Waals surface area contributed by atoms with Crippen molar-refractivity contribution in [3.05, 3.63) is 0 Å². The minimum Gasteiger partial charge on any atom is -0.354 e. The van der Waals surface area contributed by atoms with Gasteiger partial charge in [-0.3, -0.25) is 9.59 Å². The SMILES string of the molecule is CCCCCCCCCCCC(=O)N[C@H](C(=O)NCCCBr)C(C)C. The highest BCUT2D eigenvalue weighted by molar-refractivity contribution is 9.09. The van der Waals surface area contributed by atoms with Gasteiger partial charge >= 0.3 is 0 Å². The molecule has 0 radical (unpaired) electrons. The van der Waals surface area contributed by atoms with E-state index in [-0.39, 0.29) is 17.7 Å². The first-order chi connectivity index (χ1) is 12.0. The zero-order chi connectivity index (χ0) is 18.9. The van der Waals surface area contributed by atoms with Crippen molar-refractivity contribution in [2.45, 2.75) is 97.4 Å². The minimum atomic E-state index is -0.429. The third-order valence-corrected chi connectivity index (χ3v) is 4.94. The molecular formula is C20H39BrN2O2. The van der Waals surface area contributed by atoms with Crippen molar-refractivity contribution in [2.24, 2.45) is 5.92 Å². The van der Waals surface area contributed by atoms with Crippen LogP contribution in [0.4, 0.5) is 0 Å². The number of halogens is 1. The van der Waals surface area contributed by atoms with Crippen LogP contribution < -0.4 is 10.6 Å². The number of alkyl halides is 1. The summed E-state index contributed by atoms with van der Waals surface area (Å²) in [5, 5.41) is 6.66. The van der Waals surface area contributed by atoms with E-state index >= 15 is 0 Å². The summed E-state index contributed by atoms with van der Waals surface area (Å²) in [6, 6.07) is -0.429. The highest BCUT2D eigenvalue weighted by Crippen LogP contribution is 2.11. The Kier molecular flexibility index (Phi) is 16.5. The van der Waals surface area contributed by atoms with E-state index in [1.54, 1.807) is 0 Å². The molecule has 2 amide bonds. The van der Waals surface area contributed by atoms with E-state index < -0.39 is 6.04 Å². The van der Waals surface area contributed by atoms with Crippen molar-refractivity contribution >= 4 is 27.7 Å². The molecule has 0 aliphatic heterocycles. The van der Waals surface area contributed by atoms with E-state index in [9.17, 15) is 9.59 Å². The predicted molar refractivity (Wildman–Crippen MR) is 110 cm³/mol. The molecule has 4 nitrogen and oxygen atoms in total. The topological polar surface area (TPSA) is 58.2 Å². The molecule has 0 saturated heterocycles. The molecule has 2 N–H and O–H groups in total. The van der Waals surface area contributed by atoms with E-state index in [4.69, 9.17) is 0 Å². The van der Waals surface area contributed by atoms with Crippen molar-refractivity contribution in [2.75, 3.05) is 11.9 Å². The zero-order valence-electron chi connectivity index (χ0n) is 16.5. The number of hydrogen-bond acceptors (Lipinski definition) is 2. The summed E-state index contributed by atoms with van der Waals surface area (Å²) < 4.78 is 0. The Hall–Kier alpha value is -0.580. The normalized spacial score (nSPS) is 12.2. The number of carbonyl (C=O) groups is 2. The molecule has 0 aliphatic rings. The molecular weight excluding hydrogens is 380 g/mol. The van der Waals surface area contributed by atoms with Crippen molar-refractivity contribution < 1.29 is 9.59 Å². The Morgan fingerprint density at radius 1 is 0.880 bits per heavy atom. The molecule has 0 heterocycles. The van der Waals surface area contributed by atoms with Crippen LogP contribution in [-0.4, -0.2) is 29.7 Å². The Balaban J connectivity index is 3.83. The van der Waals surface area contributed by atoms with Gasteiger partial charge in [-0.05, 0) is 18.8 Å². The smallest absolute Gasteiger partial charge is 0.242 e. The number of hydrogen-bond donors (Lipinski definition) is 2. The van der Waals surface area contributed by atoms with E-state index in [1.807, 2.05) is 13.8 Å². The standard InChI is InChI=1S/C20H39BrN2O2/c1-4-5-6-7-8-9-10-11-12-14-18(24)23-19(17(2)3)20(25)22-16-13-15-21/h17,19H,4-16H2,1-3H3,(H,22,25)(H,23,24)/t19-/m0/s1. The Morgan fingerprint density at radius 3 is 1.96 bits per heavy atom. The summed E-state index contributed by atoms with van der Waals surface area (Å²) in [5.74, 6) is 0.0182.